The number of nitrogens with one attached hydrogen (secondary N) is 1. The van der Waals surface area contributed by atoms with Crippen LogP contribution in [0.1, 0.15) is 12.0 Å². The molecule has 0 aromatic heterocycles. The first kappa shape index (κ1) is 10.6. The summed E-state index contributed by atoms with van der Waals surface area (Å²) >= 11 is 0. The van der Waals surface area contributed by atoms with Gasteiger partial charge in [0, 0.05) is 11.3 Å². The quantitative estimate of drug-likeness (QED) is 0.770. The summed E-state index contributed by atoms with van der Waals surface area (Å²) in [5, 5.41) is 2.40. The van der Waals surface area contributed by atoms with E-state index in [1.165, 1.54) is 6.07 Å². The number of carbonyl (C=O) groups excluding carboxylic acids is 2. The molecule has 84 valence electrons. The highest BCUT2D eigenvalue weighted by Crippen LogP contribution is 2.41. The summed E-state index contributed by atoms with van der Waals surface area (Å²) in [6.45, 7) is 0. The number of esters is 1. The Bertz CT molecular complexity index is 460. The first-order valence-electron chi connectivity index (χ1n) is 4.74. The van der Waals surface area contributed by atoms with Gasteiger partial charge in [-0.15, -0.1) is 0 Å². The maximum atomic E-state index is 14.4. The second-order valence-corrected chi connectivity index (χ2v) is 3.55. The van der Waals surface area contributed by atoms with Crippen LogP contribution in [0.25, 0.3) is 0 Å². The van der Waals surface area contributed by atoms with Crippen molar-refractivity contribution in [2.24, 2.45) is 0 Å². The lowest BCUT2D eigenvalue weighted by molar-refractivity contribution is -0.147. The lowest BCUT2D eigenvalue weighted by Gasteiger charge is -2.15. The summed E-state index contributed by atoms with van der Waals surface area (Å²) in [6, 6.07) is 6.37. The monoisotopic (exact) mass is 223 g/mol. The molecular weight excluding hydrogens is 213 g/mol. The summed E-state index contributed by atoms with van der Waals surface area (Å²) in [5.74, 6) is -1.58. The molecule has 1 unspecified atom stereocenters. The van der Waals surface area contributed by atoms with Gasteiger partial charge in [0.15, 0.2) is 0 Å². The Kier molecular flexibility index (Phi) is 2.38. The van der Waals surface area contributed by atoms with E-state index in [1.807, 2.05) is 0 Å². The number of ether oxygens (including phenoxy) is 1. The van der Waals surface area contributed by atoms with Gasteiger partial charge < -0.3 is 10.1 Å². The third-order valence-corrected chi connectivity index (χ3v) is 2.58. The number of anilines is 1. The minimum absolute atomic E-state index is 0.186. The molecule has 1 aromatic rings. The van der Waals surface area contributed by atoms with Crippen LogP contribution < -0.4 is 5.32 Å². The first-order chi connectivity index (χ1) is 7.58. The van der Waals surface area contributed by atoms with Crippen LogP contribution in [0.4, 0.5) is 10.1 Å². The molecule has 0 spiro atoms. The fourth-order valence-corrected chi connectivity index (χ4v) is 1.73. The minimum Gasteiger partial charge on any atom is -0.469 e. The van der Waals surface area contributed by atoms with Gasteiger partial charge in [-0.3, -0.25) is 9.59 Å². The maximum absolute atomic E-state index is 14.4. The van der Waals surface area contributed by atoms with Gasteiger partial charge in [0.1, 0.15) is 0 Å². The van der Waals surface area contributed by atoms with E-state index in [-0.39, 0.29) is 5.56 Å². The third-order valence-electron chi connectivity index (χ3n) is 2.58. The number of amides is 1. The van der Waals surface area contributed by atoms with E-state index in [0.717, 1.165) is 7.11 Å². The molecule has 1 N–H and O–H groups in total. The van der Waals surface area contributed by atoms with Crippen molar-refractivity contribution < 1.29 is 18.7 Å². The average Bonchev–Trinajstić information content (AvgIpc) is 2.52. The number of carbonyl (C=O) groups is 2. The number of halogens is 1. The van der Waals surface area contributed by atoms with Crippen molar-refractivity contribution in [2.45, 2.75) is 12.1 Å². The third kappa shape index (κ3) is 1.44. The number of benzene rings is 1. The average molecular weight is 223 g/mol. The Labute approximate surface area is 91.4 Å². The summed E-state index contributed by atoms with van der Waals surface area (Å²) < 4.78 is 18.8. The zero-order valence-corrected chi connectivity index (χ0v) is 8.62. The minimum atomic E-state index is -2.32. The molecule has 16 heavy (non-hydrogen) atoms. The van der Waals surface area contributed by atoms with Gasteiger partial charge in [-0.25, -0.2) is 4.39 Å². The zero-order valence-electron chi connectivity index (χ0n) is 8.62. The Morgan fingerprint density at radius 2 is 2.19 bits per heavy atom. The van der Waals surface area contributed by atoms with Gasteiger partial charge in [0.25, 0.3) is 5.91 Å². The molecule has 5 heteroatoms. The van der Waals surface area contributed by atoms with Gasteiger partial charge >= 0.3 is 5.97 Å². The molecule has 0 radical (unpaired) electrons. The molecule has 2 rings (SSSR count). The number of rotatable bonds is 2. The largest absolute Gasteiger partial charge is 0.469 e. The van der Waals surface area contributed by atoms with Gasteiger partial charge in [-0.05, 0) is 6.07 Å². The second-order valence-electron chi connectivity index (χ2n) is 3.55. The number of methoxy groups -OCH3 is 1. The highest BCUT2D eigenvalue weighted by atomic mass is 19.1. The van der Waals surface area contributed by atoms with Gasteiger partial charge in [0.2, 0.25) is 5.67 Å². The SMILES string of the molecule is COC(=O)CC1(F)C(=O)Nc2ccccc21. The first-order valence-corrected chi connectivity index (χ1v) is 4.74. The van der Waals surface area contributed by atoms with Crippen LogP contribution in [0.15, 0.2) is 24.3 Å². The highest BCUT2D eigenvalue weighted by Gasteiger charge is 2.49. The number of para-hydroxylation sites is 1. The van der Waals surface area contributed by atoms with Crippen molar-refractivity contribution in [1.29, 1.82) is 0 Å². The molecule has 1 heterocycles. The van der Waals surface area contributed by atoms with E-state index in [1.54, 1.807) is 18.2 Å². The molecule has 4 nitrogen and oxygen atoms in total. The van der Waals surface area contributed by atoms with E-state index in [9.17, 15) is 14.0 Å². The molecular formula is C11H10FNO3. The number of fused-ring (bicyclic) bond motifs is 1. The van der Waals surface area contributed by atoms with Crippen LogP contribution >= 0.6 is 0 Å². The van der Waals surface area contributed by atoms with Crippen LogP contribution in [0, 0.1) is 0 Å². The van der Waals surface area contributed by atoms with Crippen molar-refractivity contribution in [1.82, 2.24) is 0 Å². The summed E-state index contributed by atoms with van der Waals surface area (Å²) in [5.41, 5.74) is -1.73. The Hall–Kier alpha value is -1.91. The van der Waals surface area contributed by atoms with Crippen LogP contribution in [0.2, 0.25) is 0 Å². The van der Waals surface area contributed by atoms with E-state index in [4.69, 9.17) is 0 Å². The van der Waals surface area contributed by atoms with Crippen LogP contribution in [0.3, 0.4) is 0 Å². The van der Waals surface area contributed by atoms with Gasteiger partial charge in [-0.2, -0.15) is 0 Å². The van der Waals surface area contributed by atoms with E-state index in [2.05, 4.69) is 10.1 Å². The summed E-state index contributed by atoms with van der Waals surface area (Å²) in [7, 11) is 1.16. The van der Waals surface area contributed by atoms with Crippen molar-refractivity contribution in [3.63, 3.8) is 0 Å². The lowest BCUT2D eigenvalue weighted by Crippen LogP contribution is -2.32. The van der Waals surface area contributed by atoms with E-state index in [0.29, 0.717) is 5.69 Å². The fraction of sp³-hybridized carbons (Fsp3) is 0.273. The van der Waals surface area contributed by atoms with Crippen LogP contribution in [0.5, 0.6) is 0 Å². The molecule has 1 aliphatic heterocycles. The molecule has 0 saturated carbocycles. The number of hydrogen-bond acceptors (Lipinski definition) is 3. The molecule has 1 amide bonds. The number of alkyl halides is 1. The molecule has 0 saturated heterocycles. The summed E-state index contributed by atoms with van der Waals surface area (Å²) in [4.78, 5) is 22.6. The standard InChI is InChI=1S/C11H10FNO3/c1-16-9(14)6-11(12)7-4-2-3-5-8(7)13-10(11)15/h2-5H,6H2,1H3,(H,13,15). The van der Waals surface area contributed by atoms with E-state index < -0.39 is 24.0 Å². The van der Waals surface area contributed by atoms with Gasteiger partial charge in [0.05, 0.1) is 13.5 Å². The summed E-state index contributed by atoms with van der Waals surface area (Å²) in [6.07, 6.45) is -0.605. The van der Waals surface area contributed by atoms with Crippen LogP contribution in [-0.2, 0) is 20.0 Å². The lowest BCUT2D eigenvalue weighted by atomic mass is 9.94. The highest BCUT2D eigenvalue weighted by molar-refractivity contribution is 6.06. The molecule has 1 aromatic carbocycles. The van der Waals surface area contributed by atoms with Crippen molar-refractivity contribution in [3.05, 3.63) is 29.8 Å². The Morgan fingerprint density at radius 3 is 2.88 bits per heavy atom. The second kappa shape index (κ2) is 3.59. The van der Waals surface area contributed by atoms with Crippen molar-refractivity contribution >= 4 is 17.6 Å². The van der Waals surface area contributed by atoms with Crippen LogP contribution in [-0.4, -0.2) is 19.0 Å². The molecule has 0 aliphatic carbocycles. The van der Waals surface area contributed by atoms with Crippen molar-refractivity contribution in [2.75, 3.05) is 12.4 Å². The molecule has 1 atom stereocenters. The zero-order chi connectivity index (χ0) is 11.8. The molecule has 0 fully saturated rings. The smallest absolute Gasteiger partial charge is 0.309 e. The predicted octanol–water partition coefficient (Wildman–Crippen LogP) is 1.37. The number of hydrogen-bond donors (Lipinski definition) is 1. The van der Waals surface area contributed by atoms with E-state index >= 15 is 0 Å². The normalized spacial score (nSPS) is 22.5. The molecule has 0 bridgehead atoms. The predicted molar refractivity (Wildman–Crippen MR) is 54.5 cm³/mol. The molecule has 1 aliphatic rings. The van der Waals surface area contributed by atoms with Crippen molar-refractivity contribution in [3.8, 4) is 0 Å². The Balaban J connectivity index is 2.40. The topological polar surface area (TPSA) is 55.4 Å². The fourth-order valence-electron chi connectivity index (χ4n) is 1.73. The Morgan fingerprint density at radius 1 is 1.50 bits per heavy atom. The maximum Gasteiger partial charge on any atom is 0.309 e. The van der Waals surface area contributed by atoms with Gasteiger partial charge in [-0.1, -0.05) is 18.2 Å².